The van der Waals surface area contributed by atoms with Crippen LogP contribution in [0.1, 0.15) is 19.8 Å². The van der Waals surface area contributed by atoms with Gasteiger partial charge in [-0.05, 0) is 49.9 Å². The van der Waals surface area contributed by atoms with Crippen LogP contribution in [0.4, 0.5) is 21.6 Å². The molecule has 2 aromatic carbocycles. The second-order valence-electron chi connectivity index (χ2n) is 10.1. The van der Waals surface area contributed by atoms with Crippen molar-refractivity contribution in [3.63, 3.8) is 0 Å². The monoisotopic (exact) mass is 615 g/mol. The molecule has 13 heteroatoms. The number of fused-ring (bicyclic) bond motifs is 1. The molecule has 0 unspecified atom stereocenters. The molecule has 1 aliphatic carbocycles. The summed E-state index contributed by atoms with van der Waals surface area (Å²) in [6.07, 6.45) is 5.70. The van der Waals surface area contributed by atoms with Crippen LogP contribution >= 0.6 is 11.6 Å². The molecule has 43 heavy (non-hydrogen) atoms. The lowest BCUT2D eigenvalue weighted by atomic mass is 10.1. The van der Waals surface area contributed by atoms with Crippen LogP contribution in [0.5, 0.6) is 5.75 Å². The lowest BCUT2D eigenvalue weighted by molar-refractivity contribution is -0.144. The highest BCUT2D eigenvalue weighted by Gasteiger charge is 2.23. The smallest absolute Gasteiger partial charge is 0.320 e. The molecule has 1 aliphatic rings. The second-order valence-corrected chi connectivity index (χ2v) is 10.5. The summed E-state index contributed by atoms with van der Waals surface area (Å²) < 4.78 is 29.7. The number of aliphatic hydroxyl groups excluding tert-OH is 1. The maximum absolute atomic E-state index is 13.7. The lowest BCUT2D eigenvalue weighted by Gasteiger charge is -2.22. The van der Waals surface area contributed by atoms with Crippen molar-refractivity contribution < 1.29 is 33.3 Å². The fourth-order valence-corrected chi connectivity index (χ4v) is 4.40. The Balaban J connectivity index is 1.53. The number of benzene rings is 2. The minimum atomic E-state index is -0.818. The molecule has 3 aromatic rings. The van der Waals surface area contributed by atoms with E-state index in [0.717, 1.165) is 12.8 Å². The van der Waals surface area contributed by atoms with Crippen molar-refractivity contribution in [3.05, 3.63) is 59.7 Å². The minimum absolute atomic E-state index is 0.0344. The number of halogens is 2. The molecule has 0 spiro atoms. The number of aliphatic hydroxyl groups is 1. The number of ether oxygens (including phenoxy) is 3. The third-order valence-corrected chi connectivity index (χ3v) is 6.76. The summed E-state index contributed by atoms with van der Waals surface area (Å²) in [4.78, 5) is 35.4. The van der Waals surface area contributed by atoms with Gasteiger partial charge in [-0.3, -0.25) is 14.5 Å². The molecule has 0 bridgehead atoms. The van der Waals surface area contributed by atoms with Gasteiger partial charge in [0.1, 0.15) is 23.7 Å². The van der Waals surface area contributed by atoms with E-state index in [1.54, 1.807) is 30.0 Å². The van der Waals surface area contributed by atoms with Gasteiger partial charge in [0.05, 0.1) is 48.7 Å². The fraction of sp³-hybridized carbons (Fsp3) is 0.400. The normalized spacial score (nSPS) is 13.8. The summed E-state index contributed by atoms with van der Waals surface area (Å²) >= 11 is 5.94. The standard InChI is InChI=1S/C30H35ClFN5O6/c1-3-42-29(40)15-37(14-21(38)17-41-2)10-4-5-28(39)36-26-12-22-25(13-27(26)43-16-19-6-7-19)33-18-34-30(22)35-20-8-9-24(32)23(31)11-20/h4-5,8-9,11-13,18-19,21,38H,3,6-7,10,14-17H2,1-2H3,(H,36,39)(H,33,34,35)/t21-/m0/s1. The van der Waals surface area contributed by atoms with Gasteiger partial charge in [-0.1, -0.05) is 17.7 Å². The number of esters is 1. The van der Waals surface area contributed by atoms with Crippen molar-refractivity contribution in [1.29, 1.82) is 0 Å². The molecule has 0 radical (unpaired) electrons. The van der Waals surface area contributed by atoms with Crippen molar-refractivity contribution >= 4 is 51.6 Å². The van der Waals surface area contributed by atoms with Gasteiger partial charge in [0.2, 0.25) is 5.91 Å². The van der Waals surface area contributed by atoms with Crippen molar-refractivity contribution in [2.45, 2.75) is 25.9 Å². The van der Waals surface area contributed by atoms with Gasteiger partial charge in [-0.15, -0.1) is 0 Å². The van der Waals surface area contributed by atoms with Gasteiger partial charge in [-0.25, -0.2) is 14.4 Å². The quantitative estimate of drug-likeness (QED) is 0.158. The van der Waals surface area contributed by atoms with E-state index in [4.69, 9.17) is 25.8 Å². The number of methoxy groups -OCH3 is 1. The average molecular weight is 616 g/mol. The number of rotatable bonds is 16. The van der Waals surface area contributed by atoms with Crippen LogP contribution in [0.3, 0.4) is 0 Å². The molecule has 1 amide bonds. The summed E-state index contributed by atoms with van der Waals surface area (Å²) in [6, 6.07) is 7.69. The van der Waals surface area contributed by atoms with E-state index in [0.29, 0.717) is 46.4 Å². The summed E-state index contributed by atoms with van der Waals surface area (Å²) in [5.41, 5.74) is 1.52. The van der Waals surface area contributed by atoms with E-state index in [2.05, 4.69) is 20.6 Å². The fourth-order valence-electron chi connectivity index (χ4n) is 4.22. The molecule has 3 N–H and O–H groups in total. The number of aromatic nitrogens is 2. The van der Waals surface area contributed by atoms with Gasteiger partial charge in [-0.2, -0.15) is 0 Å². The van der Waals surface area contributed by atoms with Gasteiger partial charge in [0.25, 0.3) is 0 Å². The van der Waals surface area contributed by atoms with E-state index >= 15 is 0 Å². The Morgan fingerprint density at radius 2 is 2.07 bits per heavy atom. The lowest BCUT2D eigenvalue weighted by Crippen LogP contribution is -2.38. The predicted molar refractivity (Wildman–Crippen MR) is 161 cm³/mol. The first kappa shape index (κ1) is 32.1. The first-order valence-corrected chi connectivity index (χ1v) is 14.3. The number of carbonyl (C=O) groups is 2. The number of hydrogen-bond acceptors (Lipinski definition) is 10. The Kier molecular flexibility index (Phi) is 11.6. The Hall–Kier alpha value is -3.84. The van der Waals surface area contributed by atoms with Gasteiger partial charge in [0.15, 0.2) is 0 Å². The SMILES string of the molecule is CCOC(=O)CN(CC=CC(=O)Nc1cc2c(Nc3ccc(F)c(Cl)c3)ncnc2cc1OCC1CC1)C[C@H](O)COC. The molecule has 1 aromatic heterocycles. The summed E-state index contributed by atoms with van der Waals surface area (Å²) in [6.45, 7) is 2.87. The predicted octanol–water partition coefficient (Wildman–Crippen LogP) is 4.32. The van der Waals surface area contributed by atoms with E-state index < -0.39 is 23.8 Å². The first-order valence-electron chi connectivity index (χ1n) is 13.9. The number of nitrogens with one attached hydrogen (secondary N) is 2. The molecule has 11 nitrogen and oxygen atoms in total. The van der Waals surface area contributed by atoms with E-state index in [1.165, 1.54) is 37.7 Å². The summed E-state index contributed by atoms with van der Waals surface area (Å²) in [5.74, 6) is -0.0397. The zero-order chi connectivity index (χ0) is 30.8. The van der Waals surface area contributed by atoms with Gasteiger partial charge >= 0.3 is 5.97 Å². The van der Waals surface area contributed by atoms with Crippen LogP contribution in [-0.2, 0) is 19.1 Å². The molecule has 1 atom stereocenters. The Morgan fingerprint density at radius 1 is 1.26 bits per heavy atom. The molecule has 0 saturated heterocycles. The third-order valence-electron chi connectivity index (χ3n) is 6.47. The first-order chi connectivity index (χ1) is 20.7. The van der Waals surface area contributed by atoms with Gasteiger partial charge < -0.3 is 30.0 Å². The molecule has 1 fully saturated rings. The topological polar surface area (TPSA) is 135 Å². The maximum Gasteiger partial charge on any atom is 0.320 e. The summed E-state index contributed by atoms with van der Waals surface area (Å²) in [7, 11) is 1.47. The van der Waals surface area contributed by atoms with Crippen molar-refractivity contribution in [2.24, 2.45) is 5.92 Å². The van der Waals surface area contributed by atoms with Crippen LogP contribution in [-0.4, -0.2) is 84.5 Å². The molecule has 230 valence electrons. The van der Waals surface area contributed by atoms with Gasteiger partial charge in [0, 0.05) is 43.4 Å². The van der Waals surface area contributed by atoms with E-state index in [1.807, 2.05) is 0 Å². The van der Waals surface area contributed by atoms with Crippen LogP contribution < -0.4 is 15.4 Å². The van der Waals surface area contributed by atoms with Crippen LogP contribution in [0.15, 0.2) is 48.8 Å². The average Bonchev–Trinajstić information content (AvgIpc) is 3.79. The van der Waals surface area contributed by atoms with Crippen molar-refractivity contribution in [3.8, 4) is 5.75 Å². The number of nitrogens with zero attached hydrogens (tertiary/aromatic N) is 3. The highest BCUT2D eigenvalue weighted by Crippen LogP contribution is 2.36. The Bertz CT molecular complexity index is 1450. The highest BCUT2D eigenvalue weighted by atomic mass is 35.5. The minimum Gasteiger partial charge on any atom is -0.491 e. The molecule has 0 aliphatic heterocycles. The summed E-state index contributed by atoms with van der Waals surface area (Å²) in [5, 5.41) is 16.7. The number of hydrogen-bond donors (Lipinski definition) is 3. The van der Waals surface area contributed by atoms with E-state index in [-0.39, 0.29) is 37.9 Å². The third kappa shape index (κ3) is 9.85. The Labute approximate surface area is 254 Å². The zero-order valence-electron chi connectivity index (χ0n) is 24.0. The second kappa shape index (κ2) is 15.6. The number of carbonyl (C=O) groups excluding carboxylic acids is 2. The highest BCUT2D eigenvalue weighted by molar-refractivity contribution is 6.31. The number of anilines is 3. The molecule has 4 rings (SSSR count). The molecule has 1 saturated carbocycles. The van der Waals surface area contributed by atoms with Crippen LogP contribution in [0, 0.1) is 11.7 Å². The van der Waals surface area contributed by atoms with E-state index in [9.17, 15) is 19.1 Å². The maximum atomic E-state index is 13.7. The number of amides is 1. The molecular formula is C30H35ClFN5O6. The van der Waals surface area contributed by atoms with Crippen molar-refractivity contribution in [1.82, 2.24) is 14.9 Å². The zero-order valence-corrected chi connectivity index (χ0v) is 24.8. The molecular weight excluding hydrogens is 581 g/mol. The largest absolute Gasteiger partial charge is 0.491 e. The molecule has 1 heterocycles. The Morgan fingerprint density at radius 3 is 2.79 bits per heavy atom. The van der Waals surface area contributed by atoms with Crippen LogP contribution in [0.25, 0.3) is 10.9 Å². The van der Waals surface area contributed by atoms with Crippen molar-refractivity contribution in [2.75, 3.05) is 57.2 Å². The van der Waals surface area contributed by atoms with Crippen LogP contribution in [0.2, 0.25) is 5.02 Å².